The second-order valence-corrected chi connectivity index (χ2v) is 6.53. The molecule has 5 nitrogen and oxygen atoms in total. The zero-order chi connectivity index (χ0) is 18.2. The maximum atomic E-state index is 12.6. The number of hydrogen-bond acceptors (Lipinski definition) is 4. The molecule has 0 fully saturated rings. The van der Waals surface area contributed by atoms with Gasteiger partial charge < -0.3 is 9.80 Å². The Morgan fingerprint density at radius 2 is 1.88 bits per heavy atom. The SMILES string of the molecule is CCCCN(C)C(=O)c1ccnc(N(Cc2ccccc2)C(C)C)n1. The van der Waals surface area contributed by atoms with Gasteiger partial charge in [0.25, 0.3) is 5.91 Å². The molecule has 0 aliphatic rings. The topological polar surface area (TPSA) is 49.3 Å². The zero-order valence-corrected chi connectivity index (χ0v) is 15.6. The standard InChI is InChI=1S/C20H28N4O/c1-5-6-14-23(4)19(25)18-12-13-21-20(22-18)24(16(2)3)15-17-10-8-7-9-11-17/h7-13,16H,5-6,14-15H2,1-4H3. The van der Waals surface area contributed by atoms with Crippen molar-refractivity contribution in [1.82, 2.24) is 14.9 Å². The minimum atomic E-state index is -0.0551. The van der Waals surface area contributed by atoms with E-state index in [0.717, 1.165) is 19.4 Å². The third-order valence-electron chi connectivity index (χ3n) is 4.13. The van der Waals surface area contributed by atoms with Gasteiger partial charge in [0.05, 0.1) is 0 Å². The maximum Gasteiger partial charge on any atom is 0.272 e. The Hall–Kier alpha value is -2.43. The predicted octanol–water partition coefficient (Wildman–Crippen LogP) is 3.76. The van der Waals surface area contributed by atoms with Gasteiger partial charge in [0.15, 0.2) is 0 Å². The molecule has 0 spiro atoms. The van der Waals surface area contributed by atoms with E-state index in [9.17, 15) is 4.79 Å². The first-order chi connectivity index (χ1) is 12.0. The maximum absolute atomic E-state index is 12.6. The fraction of sp³-hybridized carbons (Fsp3) is 0.450. The van der Waals surface area contributed by atoms with Gasteiger partial charge in [-0.3, -0.25) is 4.79 Å². The lowest BCUT2D eigenvalue weighted by Gasteiger charge is -2.27. The van der Waals surface area contributed by atoms with Crippen molar-refractivity contribution >= 4 is 11.9 Å². The molecule has 0 N–H and O–H groups in total. The Labute approximate surface area is 150 Å². The van der Waals surface area contributed by atoms with Gasteiger partial charge in [-0.1, -0.05) is 43.7 Å². The minimum absolute atomic E-state index is 0.0551. The number of aromatic nitrogens is 2. The van der Waals surface area contributed by atoms with Crippen molar-refractivity contribution < 1.29 is 4.79 Å². The van der Waals surface area contributed by atoms with Crippen LogP contribution in [0.25, 0.3) is 0 Å². The molecule has 0 atom stereocenters. The summed E-state index contributed by atoms with van der Waals surface area (Å²) in [7, 11) is 1.82. The van der Waals surface area contributed by atoms with Gasteiger partial charge in [0, 0.05) is 32.4 Å². The minimum Gasteiger partial charge on any atom is -0.340 e. The van der Waals surface area contributed by atoms with Crippen molar-refractivity contribution in [3.8, 4) is 0 Å². The third kappa shape index (κ3) is 5.28. The van der Waals surface area contributed by atoms with E-state index in [1.165, 1.54) is 5.56 Å². The summed E-state index contributed by atoms with van der Waals surface area (Å²) in [6, 6.07) is 12.1. The van der Waals surface area contributed by atoms with Crippen molar-refractivity contribution in [2.24, 2.45) is 0 Å². The number of anilines is 1. The molecule has 134 valence electrons. The molecule has 0 aliphatic heterocycles. The molecule has 5 heteroatoms. The van der Waals surface area contributed by atoms with E-state index in [2.05, 4.69) is 47.8 Å². The molecule has 0 aliphatic carbocycles. The van der Waals surface area contributed by atoms with Gasteiger partial charge in [-0.25, -0.2) is 9.97 Å². The second kappa shape index (κ2) is 9.16. The molecule has 1 aromatic carbocycles. The molecule has 2 aromatic rings. The highest BCUT2D eigenvalue weighted by molar-refractivity contribution is 5.92. The monoisotopic (exact) mass is 340 g/mol. The average molecular weight is 340 g/mol. The number of amides is 1. The Kier molecular flexibility index (Phi) is 6.92. The van der Waals surface area contributed by atoms with Crippen LogP contribution in [0.3, 0.4) is 0 Å². The molecule has 0 radical (unpaired) electrons. The van der Waals surface area contributed by atoms with Crippen molar-refractivity contribution in [3.63, 3.8) is 0 Å². The van der Waals surface area contributed by atoms with E-state index < -0.39 is 0 Å². The summed E-state index contributed by atoms with van der Waals surface area (Å²) >= 11 is 0. The van der Waals surface area contributed by atoms with Crippen molar-refractivity contribution in [2.45, 2.75) is 46.2 Å². The summed E-state index contributed by atoms with van der Waals surface area (Å²) in [6.45, 7) is 7.78. The van der Waals surface area contributed by atoms with Crippen molar-refractivity contribution in [2.75, 3.05) is 18.5 Å². The van der Waals surface area contributed by atoms with E-state index in [0.29, 0.717) is 18.2 Å². The number of benzene rings is 1. The molecule has 2 rings (SSSR count). The predicted molar refractivity (Wildman–Crippen MR) is 102 cm³/mol. The molecule has 0 bridgehead atoms. The Bertz CT molecular complexity index is 672. The van der Waals surface area contributed by atoms with Gasteiger partial charge in [0.2, 0.25) is 5.95 Å². The number of hydrogen-bond donors (Lipinski definition) is 0. The van der Waals surface area contributed by atoms with Crippen LogP contribution >= 0.6 is 0 Å². The summed E-state index contributed by atoms with van der Waals surface area (Å²) in [5.41, 5.74) is 1.64. The lowest BCUT2D eigenvalue weighted by atomic mass is 10.2. The van der Waals surface area contributed by atoms with Gasteiger partial charge in [-0.05, 0) is 31.9 Å². The molecule has 1 heterocycles. The molecule has 0 unspecified atom stereocenters. The van der Waals surface area contributed by atoms with Crippen LogP contribution in [0.5, 0.6) is 0 Å². The normalized spacial score (nSPS) is 10.8. The Morgan fingerprint density at radius 1 is 1.16 bits per heavy atom. The molecule has 1 aromatic heterocycles. The van der Waals surface area contributed by atoms with Gasteiger partial charge in [-0.15, -0.1) is 0 Å². The second-order valence-electron chi connectivity index (χ2n) is 6.53. The fourth-order valence-corrected chi connectivity index (χ4v) is 2.56. The lowest BCUT2D eigenvalue weighted by molar-refractivity contribution is 0.0787. The Balaban J connectivity index is 2.20. The van der Waals surface area contributed by atoms with E-state index in [1.807, 2.05) is 25.2 Å². The first-order valence-corrected chi connectivity index (χ1v) is 8.92. The van der Waals surface area contributed by atoms with E-state index >= 15 is 0 Å². The first-order valence-electron chi connectivity index (χ1n) is 8.92. The molecular formula is C20H28N4O. The number of carbonyl (C=O) groups excluding carboxylic acids is 1. The van der Waals surface area contributed by atoms with Crippen molar-refractivity contribution in [1.29, 1.82) is 0 Å². The van der Waals surface area contributed by atoms with Crippen LogP contribution in [0.2, 0.25) is 0 Å². The highest BCUT2D eigenvalue weighted by Crippen LogP contribution is 2.16. The summed E-state index contributed by atoms with van der Waals surface area (Å²) < 4.78 is 0. The quantitative estimate of drug-likeness (QED) is 0.734. The smallest absolute Gasteiger partial charge is 0.272 e. The van der Waals surface area contributed by atoms with Gasteiger partial charge >= 0.3 is 0 Å². The highest BCUT2D eigenvalue weighted by atomic mass is 16.2. The number of nitrogens with zero attached hydrogens (tertiary/aromatic N) is 4. The molecule has 0 saturated carbocycles. The summed E-state index contributed by atoms with van der Waals surface area (Å²) in [5, 5.41) is 0. The van der Waals surface area contributed by atoms with Crippen LogP contribution < -0.4 is 4.90 Å². The van der Waals surface area contributed by atoms with Crippen LogP contribution in [0.1, 0.15) is 49.7 Å². The van der Waals surface area contributed by atoms with E-state index in [4.69, 9.17) is 0 Å². The molecule has 25 heavy (non-hydrogen) atoms. The van der Waals surface area contributed by atoms with Gasteiger partial charge in [-0.2, -0.15) is 0 Å². The largest absolute Gasteiger partial charge is 0.340 e. The highest BCUT2D eigenvalue weighted by Gasteiger charge is 2.18. The van der Waals surface area contributed by atoms with E-state index in [1.54, 1.807) is 17.2 Å². The van der Waals surface area contributed by atoms with Crippen LogP contribution in [0, 0.1) is 0 Å². The van der Waals surface area contributed by atoms with E-state index in [-0.39, 0.29) is 11.9 Å². The third-order valence-corrected chi connectivity index (χ3v) is 4.13. The molecular weight excluding hydrogens is 312 g/mol. The number of rotatable bonds is 8. The summed E-state index contributed by atoms with van der Waals surface area (Å²) in [4.78, 5) is 25.4. The fourth-order valence-electron chi connectivity index (χ4n) is 2.56. The summed E-state index contributed by atoms with van der Waals surface area (Å²) in [6.07, 6.45) is 3.72. The zero-order valence-electron chi connectivity index (χ0n) is 15.6. The summed E-state index contributed by atoms with van der Waals surface area (Å²) in [5.74, 6) is 0.536. The number of carbonyl (C=O) groups is 1. The van der Waals surface area contributed by atoms with Crippen LogP contribution in [0.4, 0.5) is 5.95 Å². The molecule has 0 saturated heterocycles. The lowest BCUT2D eigenvalue weighted by Crippen LogP contribution is -2.33. The van der Waals surface area contributed by atoms with Crippen LogP contribution in [-0.4, -0.2) is 40.4 Å². The average Bonchev–Trinajstić information content (AvgIpc) is 2.64. The van der Waals surface area contributed by atoms with Crippen LogP contribution in [-0.2, 0) is 6.54 Å². The van der Waals surface area contributed by atoms with Gasteiger partial charge in [0.1, 0.15) is 5.69 Å². The first kappa shape index (κ1) is 18.9. The Morgan fingerprint density at radius 3 is 2.52 bits per heavy atom. The number of unbranched alkanes of at least 4 members (excludes halogenated alkanes) is 1. The van der Waals surface area contributed by atoms with Crippen LogP contribution in [0.15, 0.2) is 42.6 Å². The molecule has 1 amide bonds. The van der Waals surface area contributed by atoms with Crippen molar-refractivity contribution in [3.05, 3.63) is 53.9 Å².